The highest BCUT2D eigenvalue weighted by Gasteiger charge is 2.08. The Labute approximate surface area is 95.7 Å². The van der Waals surface area contributed by atoms with E-state index in [9.17, 15) is 0 Å². The fourth-order valence-corrected chi connectivity index (χ4v) is 1.71. The van der Waals surface area contributed by atoms with Gasteiger partial charge in [-0.1, -0.05) is 30.3 Å². The molecule has 2 heteroatoms. The Morgan fingerprint density at radius 1 is 1.06 bits per heavy atom. The molecule has 2 rings (SSSR count). The zero-order valence-electron chi connectivity index (χ0n) is 9.08. The van der Waals surface area contributed by atoms with Gasteiger partial charge < -0.3 is 0 Å². The molecule has 1 atom stereocenters. The van der Waals surface area contributed by atoms with Gasteiger partial charge in [-0.25, -0.2) is 0 Å². The average Bonchev–Trinajstić information content (AvgIpc) is 2.38. The fraction of sp³-hybridized carbons (Fsp3) is 0.143. The largest absolute Gasteiger partial charge is 0.293 e. The highest BCUT2D eigenvalue weighted by molar-refractivity contribution is 5.30. The van der Waals surface area contributed by atoms with E-state index in [-0.39, 0.29) is 6.04 Å². The van der Waals surface area contributed by atoms with Gasteiger partial charge in [-0.05, 0) is 36.4 Å². The van der Waals surface area contributed by atoms with Crippen LogP contribution in [0.25, 0.3) is 0 Å². The highest BCUT2D eigenvalue weighted by Crippen LogP contribution is 2.21. The smallest absolute Gasteiger partial charge is 0.0782 e. The number of nitrogens with zero attached hydrogens (tertiary/aromatic N) is 2. The Balaban J connectivity index is 2.16. The molecule has 1 heterocycles. The number of rotatable bonds is 4. The van der Waals surface area contributed by atoms with Crippen LogP contribution in [0.15, 0.2) is 59.9 Å². The molecule has 2 aromatic rings. The van der Waals surface area contributed by atoms with Crippen LogP contribution in [0, 0.1) is 0 Å². The second-order valence-corrected chi connectivity index (χ2v) is 3.67. The van der Waals surface area contributed by atoms with Crippen molar-refractivity contribution in [3.63, 3.8) is 0 Å². The molecular formula is C14H14N2. The van der Waals surface area contributed by atoms with Crippen molar-refractivity contribution in [1.82, 2.24) is 4.98 Å². The second kappa shape index (κ2) is 5.21. The van der Waals surface area contributed by atoms with Crippen LogP contribution in [0.4, 0.5) is 0 Å². The number of benzene rings is 1. The van der Waals surface area contributed by atoms with Crippen molar-refractivity contribution in [3.8, 4) is 0 Å². The molecule has 1 aromatic carbocycles. The topological polar surface area (TPSA) is 25.2 Å². The molecule has 0 fully saturated rings. The summed E-state index contributed by atoms with van der Waals surface area (Å²) in [5.41, 5.74) is 2.44. The zero-order valence-corrected chi connectivity index (χ0v) is 9.08. The Bertz CT molecular complexity index is 437. The van der Waals surface area contributed by atoms with E-state index in [4.69, 9.17) is 0 Å². The number of aromatic nitrogens is 1. The van der Waals surface area contributed by atoms with Gasteiger partial charge in [0.2, 0.25) is 0 Å². The van der Waals surface area contributed by atoms with Gasteiger partial charge in [0.15, 0.2) is 0 Å². The predicted molar refractivity (Wildman–Crippen MR) is 66.7 cm³/mol. The van der Waals surface area contributed by atoms with Crippen LogP contribution in [-0.2, 0) is 6.42 Å². The number of hydrogen-bond donors (Lipinski definition) is 0. The summed E-state index contributed by atoms with van der Waals surface area (Å²) in [5.74, 6) is 0. The van der Waals surface area contributed by atoms with Gasteiger partial charge in [-0.2, -0.15) is 0 Å². The lowest BCUT2D eigenvalue weighted by Crippen LogP contribution is -1.99. The summed E-state index contributed by atoms with van der Waals surface area (Å²) in [6.07, 6.45) is 4.48. The van der Waals surface area contributed by atoms with Crippen molar-refractivity contribution in [1.29, 1.82) is 0 Å². The van der Waals surface area contributed by atoms with Gasteiger partial charge in [0.25, 0.3) is 0 Å². The minimum Gasteiger partial charge on any atom is -0.293 e. The summed E-state index contributed by atoms with van der Waals surface area (Å²) < 4.78 is 0. The molecular weight excluding hydrogens is 196 g/mol. The van der Waals surface area contributed by atoms with Crippen molar-refractivity contribution in [2.24, 2.45) is 4.99 Å². The molecule has 1 aromatic heterocycles. The van der Waals surface area contributed by atoms with E-state index in [1.54, 1.807) is 12.4 Å². The van der Waals surface area contributed by atoms with Gasteiger partial charge in [0, 0.05) is 12.4 Å². The Morgan fingerprint density at radius 3 is 2.38 bits per heavy atom. The molecule has 0 aliphatic rings. The Hall–Kier alpha value is -1.96. The summed E-state index contributed by atoms with van der Waals surface area (Å²) in [6, 6.07) is 14.4. The minimum absolute atomic E-state index is 0.128. The molecule has 80 valence electrons. The maximum Gasteiger partial charge on any atom is 0.0782 e. The Morgan fingerprint density at radius 2 is 1.75 bits per heavy atom. The van der Waals surface area contributed by atoms with E-state index >= 15 is 0 Å². The van der Waals surface area contributed by atoms with Crippen LogP contribution in [-0.4, -0.2) is 11.7 Å². The third kappa shape index (κ3) is 2.54. The maximum atomic E-state index is 4.18. The first-order valence-electron chi connectivity index (χ1n) is 5.30. The first kappa shape index (κ1) is 10.6. The van der Waals surface area contributed by atoms with Gasteiger partial charge in [0.1, 0.15) is 0 Å². The van der Waals surface area contributed by atoms with Crippen molar-refractivity contribution < 1.29 is 0 Å². The standard InChI is InChI=1S/C14H14N2/c1-15-14(13-5-3-2-4-6-13)11-12-7-9-16-10-8-12/h2-10,14H,1,11H2. The third-order valence-electron chi connectivity index (χ3n) is 2.58. The summed E-state index contributed by atoms with van der Waals surface area (Å²) >= 11 is 0. The quantitative estimate of drug-likeness (QED) is 0.712. The molecule has 0 saturated heterocycles. The molecule has 0 spiro atoms. The molecule has 0 N–H and O–H groups in total. The molecule has 0 amide bonds. The molecule has 16 heavy (non-hydrogen) atoms. The fourth-order valence-electron chi connectivity index (χ4n) is 1.71. The normalized spacial score (nSPS) is 12.0. The van der Waals surface area contributed by atoms with Crippen LogP contribution in [0.1, 0.15) is 17.2 Å². The van der Waals surface area contributed by atoms with Gasteiger partial charge in [-0.15, -0.1) is 0 Å². The first-order valence-corrected chi connectivity index (χ1v) is 5.30. The summed E-state index contributed by atoms with van der Waals surface area (Å²) in [7, 11) is 0. The van der Waals surface area contributed by atoms with Crippen LogP contribution in [0.2, 0.25) is 0 Å². The van der Waals surface area contributed by atoms with Gasteiger partial charge in [0.05, 0.1) is 6.04 Å². The SMILES string of the molecule is C=NC(Cc1ccncc1)c1ccccc1. The molecule has 0 aliphatic heterocycles. The maximum absolute atomic E-state index is 4.18. The van der Waals surface area contributed by atoms with E-state index in [0.29, 0.717) is 0 Å². The monoisotopic (exact) mass is 210 g/mol. The molecule has 1 unspecified atom stereocenters. The number of hydrogen-bond acceptors (Lipinski definition) is 2. The lowest BCUT2D eigenvalue weighted by molar-refractivity contribution is 0.729. The summed E-state index contributed by atoms with van der Waals surface area (Å²) in [6.45, 7) is 3.67. The highest BCUT2D eigenvalue weighted by atomic mass is 14.7. The van der Waals surface area contributed by atoms with Gasteiger partial charge >= 0.3 is 0 Å². The van der Waals surface area contributed by atoms with E-state index in [0.717, 1.165) is 6.42 Å². The molecule has 0 saturated carbocycles. The second-order valence-electron chi connectivity index (χ2n) is 3.67. The van der Waals surface area contributed by atoms with Gasteiger partial charge in [-0.3, -0.25) is 9.98 Å². The zero-order chi connectivity index (χ0) is 11.2. The van der Waals surface area contributed by atoms with E-state index < -0.39 is 0 Å². The van der Waals surface area contributed by atoms with E-state index in [2.05, 4.69) is 28.8 Å². The lowest BCUT2D eigenvalue weighted by atomic mass is 10.0. The molecule has 0 radical (unpaired) electrons. The summed E-state index contributed by atoms with van der Waals surface area (Å²) in [4.78, 5) is 8.19. The first-order chi connectivity index (χ1) is 7.90. The predicted octanol–water partition coefficient (Wildman–Crippen LogP) is 3.07. The van der Waals surface area contributed by atoms with E-state index in [1.807, 2.05) is 30.3 Å². The Kier molecular flexibility index (Phi) is 3.44. The van der Waals surface area contributed by atoms with Crippen LogP contribution < -0.4 is 0 Å². The third-order valence-corrected chi connectivity index (χ3v) is 2.58. The van der Waals surface area contributed by atoms with Crippen molar-refractivity contribution in [2.75, 3.05) is 0 Å². The van der Waals surface area contributed by atoms with Crippen molar-refractivity contribution in [3.05, 3.63) is 66.0 Å². The van der Waals surface area contributed by atoms with Crippen molar-refractivity contribution in [2.45, 2.75) is 12.5 Å². The average molecular weight is 210 g/mol. The summed E-state index contributed by atoms with van der Waals surface area (Å²) in [5, 5.41) is 0. The van der Waals surface area contributed by atoms with Crippen molar-refractivity contribution >= 4 is 6.72 Å². The number of aliphatic imine (C=N–C) groups is 1. The molecule has 2 nitrogen and oxygen atoms in total. The molecule has 0 bridgehead atoms. The van der Waals surface area contributed by atoms with Crippen LogP contribution in [0.5, 0.6) is 0 Å². The van der Waals surface area contributed by atoms with Crippen LogP contribution in [0.3, 0.4) is 0 Å². The lowest BCUT2D eigenvalue weighted by Gasteiger charge is -2.11. The minimum atomic E-state index is 0.128. The van der Waals surface area contributed by atoms with E-state index in [1.165, 1.54) is 11.1 Å². The molecule has 0 aliphatic carbocycles. The van der Waals surface area contributed by atoms with Crippen LogP contribution >= 0.6 is 0 Å². The number of pyridine rings is 1.